The van der Waals surface area contributed by atoms with Crippen LogP contribution in [0.4, 0.5) is 4.39 Å². The van der Waals surface area contributed by atoms with Gasteiger partial charge < -0.3 is 14.2 Å². The SMILES string of the molecule is [B]c1cc(F)ccc1OC(C=C)[C@H]1COC(C)(C)O1. The zero-order valence-electron chi connectivity index (χ0n) is 11.1. The largest absolute Gasteiger partial charge is 0.484 e. The van der Waals surface area contributed by atoms with E-state index in [4.69, 9.17) is 22.1 Å². The molecule has 1 saturated heterocycles. The van der Waals surface area contributed by atoms with E-state index < -0.39 is 17.7 Å². The highest BCUT2D eigenvalue weighted by molar-refractivity contribution is 6.34. The molecular weight excluding hydrogens is 246 g/mol. The Morgan fingerprint density at radius 1 is 1.58 bits per heavy atom. The molecule has 1 aromatic rings. The zero-order chi connectivity index (χ0) is 14.0. The van der Waals surface area contributed by atoms with Gasteiger partial charge in [0.05, 0.1) is 6.61 Å². The number of hydrogen-bond acceptors (Lipinski definition) is 3. The van der Waals surface area contributed by atoms with Crippen molar-refractivity contribution in [2.45, 2.75) is 31.8 Å². The monoisotopic (exact) mass is 262 g/mol. The first-order valence-electron chi connectivity index (χ1n) is 6.07. The van der Waals surface area contributed by atoms with E-state index >= 15 is 0 Å². The van der Waals surface area contributed by atoms with Crippen molar-refractivity contribution in [3.05, 3.63) is 36.7 Å². The van der Waals surface area contributed by atoms with E-state index in [1.165, 1.54) is 18.2 Å². The molecule has 0 N–H and O–H groups in total. The van der Waals surface area contributed by atoms with E-state index in [0.29, 0.717) is 12.4 Å². The van der Waals surface area contributed by atoms with E-state index in [2.05, 4.69) is 6.58 Å². The van der Waals surface area contributed by atoms with E-state index in [0.717, 1.165) is 0 Å². The number of benzene rings is 1. The summed E-state index contributed by atoms with van der Waals surface area (Å²) in [6.07, 6.45) is 0.949. The Hall–Kier alpha value is -1.33. The molecule has 2 atom stereocenters. The lowest BCUT2D eigenvalue weighted by molar-refractivity contribution is -0.145. The number of ether oxygens (including phenoxy) is 3. The van der Waals surface area contributed by atoms with Gasteiger partial charge in [-0.3, -0.25) is 0 Å². The zero-order valence-corrected chi connectivity index (χ0v) is 11.1. The van der Waals surface area contributed by atoms with Gasteiger partial charge in [-0.05, 0) is 38.1 Å². The van der Waals surface area contributed by atoms with Gasteiger partial charge in [0.2, 0.25) is 0 Å². The van der Waals surface area contributed by atoms with Crippen molar-refractivity contribution in [3.63, 3.8) is 0 Å². The summed E-state index contributed by atoms with van der Waals surface area (Å²) < 4.78 is 29.9. The van der Waals surface area contributed by atoms with Gasteiger partial charge in [-0.1, -0.05) is 12.0 Å². The van der Waals surface area contributed by atoms with Crippen molar-refractivity contribution in [3.8, 4) is 5.75 Å². The highest BCUT2D eigenvalue weighted by Gasteiger charge is 2.37. The van der Waals surface area contributed by atoms with Gasteiger partial charge in [0.15, 0.2) is 5.79 Å². The van der Waals surface area contributed by atoms with Crippen LogP contribution in [0.25, 0.3) is 0 Å². The molecule has 5 heteroatoms. The van der Waals surface area contributed by atoms with Crippen LogP contribution in [-0.2, 0) is 9.47 Å². The number of hydrogen-bond donors (Lipinski definition) is 0. The second-order valence-corrected chi connectivity index (χ2v) is 4.87. The molecule has 0 amide bonds. The van der Waals surface area contributed by atoms with Crippen LogP contribution >= 0.6 is 0 Å². The van der Waals surface area contributed by atoms with Crippen LogP contribution in [0.3, 0.4) is 0 Å². The second kappa shape index (κ2) is 5.35. The first-order chi connectivity index (χ1) is 8.91. The summed E-state index contributed by atoms with van der Waals surface area (Å²) in [5, 5.41) is 0. The van der Waals surface area contributed by atoms with Crippen LogP contribution in [-0.4, -0.2) is 32.4 Å². The molecule has 3 nitrogen and oxygen atoms in total. The third-order valence-corrected chi connectivity index (χ3v) is 2.86. The van der Waals surface area contributed by atoms with Crippen molar-refractivity contribution in [2.75, 3.05) is 6.61 Å². The smallest absolute Gasteiger partial charge is 0.163 e. The fraction of sp³-hybridized carbons (Fsp3) is 0.429. The average molecular weight is 262 g/mol. The molecule has 1 aliphatic rings. The van der Waals surface area contributed by atoms with Gasteiger partial charge >= 0.3 is 0 Å². The predicted molar refractivity (Wildman–Crippen MR) is 71.3 cm³/mol. The minimum atomic E-state index is -0.635. The Bertz CT molecular complexity index is 476. The van der Waals surface area contributed by atoms with Crippen LogP contribution in [0.5, 0.6) is 5.75 Å². The third-order valence-electron chi connectivity index (χ3n) is 2.86. The predicted octanol–water partition coefficient (Wildman–Crippen LogP) is 1.70. The molecule has 2 radical (unpaired) electrons. The van der Waals surface area contributed by atoms with E-state index in [1.807, 2.05) is 13.8 Å². The van der Waals surface area contributed by atoms with Gasteiger partial charge in [-0.15, -0.1) is 0 Å². The van der Waals surface area contributed by atoms with Crippen molar-refractivity contribution >= 4 is 13.3 Å². The van der Waals surface area contributed by atoms with Gasteiger partial charge in [0.1, 0.15) is 31.6 Å². The van der Waals surface area contributed by atoms with E-state index in [9.17, 15) is 4.39 Å². The molecule has 1 heterocycles. The second-order valence-electron chi connectivity index (χ2n) is 4.87. The standard InChI is InChI=1S/C14H16BFO3/c1-4-11(13-8-17-14(2,3)19-13)18-12-6-5-9(16)7-10(12)15/h4-7,11,13H,1,8H2,2-3H3/t11?,13-/m1/s1. The van der Waals surface area contributed by atoms with Crippen LogP contribution in [0.1, 0.15) is 13.8 Å². The first kappa shape index (κ1) is 14.1. The molecule has 19 heavy (non-hydrogen) atoms. The maximum absolute atomic E-state index is 13.0. The van der Waals surface area contributed by atoms with Crippen molar-refractivity contribution in [1.29, 1.82) is 0 Å². The highest BCUT2D eigenvalue weighted by Crippen LogP contribution is 2.26. The van der Waals surface area contributed by atoms with Gasteiger partial charge in [0.25, 0.3) is 0 Å². The number of halogens is 1. The molecular formula is C14H16BFO3. The highest BCUT2D eigenvalue weighted by atomic mass is 19.1. The summed E-state index contributed by atoms with van der Waals surface area (Å²) in [7, 11) is 5.70. The Labute approximate surface area is 113 Å². The summed E-state index contributed by atoms with van der Waals surface area (Å²) in [6, 6.07) is 4.00. The Morgan fingerprint density at radius 2 is 2.32 bits per heavy atom. The van der Waals surface area contributed by atoms with Crippen molar-refractivity contribution < 1.29 is 18.6 Å². The van der Waals surface area contributed by atoms with Crippen LogP contribution in [0.15, 0.2) is 30.9 Å². The lowest BCUT2D eigenvalue weighted by Gasteiger charge is -2.23. The molecule has 0 aromatic heterocycles. The van der Waals surface area contributed by atoms with Crippen LogP contribution < -0.4 is 10.2 Å². The summed E-state index contributed by atoms with van der Waals surface area (Å²) in [4.78, 5) is 0. The third kappa shape index (κ3) is 3.36. The summed E-state index contributed by atoms with van der Waals surface area (Å²) in [5.74, 6) is -0.634. The quantitative estimate of drug-likeness (QED) is 0.610. The molecule has 1 unspecified atom stereocenters. The maximum atomic E-state index is 13.0. The number of rotatable bonds is 4. The van der Waals surface area contributed by atoms with Crippen LogP contribution in [0.2, 0.25) is 0 Å². The molecule has 1 aliphatic heterocycles. The van der Waals surface area contributed by atoms with Crippen molar-refractivity contribution in [2.24, 2.45) is 0 Å². The van der Waals surface area contributed by atoms with Crippen molar-refractivity contribution in [1.82, 2.24) is 0 Å². The van der Waals surface area contributed by atoms with E-state index in [1.54, 1.807) is 6.08 Å². The molecule has 1 aromatic carbocycles. The summed E-state index contributed by atoms with van der Waals surface area (Å²) in [5.41, 5.74) is 0.241. The Balaban J connectivity index is 2.09. The van der Waals surface area contributed by atoms with Gasteiger partial charge in [-0.25, -0.2) is 4.39 Å². The van der Waals surface area contributed by atoms with Crippen LogP contribution in [0, 0.1) is 5.82 Å². The lowest BCUT2D eigenvalue weighted by Crippen LogP contribution is -2.34. The normalized spacial score (nSPS) is 23.0. The Kier molecular flexibility index (Phi) is 3.97. The minimum absolute atomic E-state index is 0.241. The van der Waals surface area contributed by atoms with Gasteiger partial charge in [-0.2, -0.15) is 0 Å². The van der Waals surface area contributed by atoms with Gasteiger partial charge in [0, 0.05) is 0 Å². The summed E-state index contributed by atoms with van der Waals surface area (Å²) >= 11 is 0. The maximum Gasteiger partial charge on any atom is 0.163 e. The Morgan fingerprint density at radius 3 is 2.84 bits per heavy atom. The molecule has 0 spiro atoms. The molecule has 0 bridgehead atoms. The topological polar surface area (TPSA) is 27.7 Å². The van der Waals surface area contributed by atoms with E-state index in [-0.39, 0.29) is 11.6 Å². The molecule has 2 rings (SSSR count). The average Bonchev–Trinajstić information content (AvgIpc) is 2.69. The lowest BCUT2D eigenvalue weighted by atomic mass is 9.95. The fourth-order valence-electron chi connectivity index (χ4n) is 1.93. The first-order valence-corrected chi connectivity index (χ1v) is 6.07. The summed E-state index contributed by atoms with van der Waals surface area (Å²) in [6.45, 7) is 7.79. The molecule has 1 fully saturated rings. The molecule has 100 valence electrons. The molecule has 0 saturated carbocycles. The fourth-order valence-corrected chi connectivity index (χ4v) is 1.93. The minimum Gasteiger partial charge on any atom is -0.484 e. The molecule has 0 aliphatic carbocycles.